The number of nitriles is 1. The van der Waals surface area contributed by atoms with E-state index < -0.39 is 38.7 Å². The first kappa shape index (κ1) is 16.1. The second-order valence-corrected chi connectivity index (χ2v) is 6.15. The SMILES string of the molecule is CC(C)[C@H](NS(=O)(=O)c1ccc(C#N)c(F)c1)C(=O)O. The highest BCUT2D eigenvalue weighted by molar-refractivity contribution is 7.89. The Morgan fingerprint density at radius 2 is 2.05 bits per heavy atom. The van der Waals surface area contributed by atoms with Gasteiger partial charge in [0.05, 0.1) is 10.5 Å². The fourth-order valence-corrected chi connectivity index (χ4v) is 2.81. The molecule has 0 saturated carbocycles. The molecule has 0 bridgehead atoms. The van der Waals surface area contributed by atoms with Crippen molar-refractivity contribution in [3.05, 3.63) is 29.6 Å². The van der Waals surface area contributed by atoms with Gasteiger partial charge in [0.1, 0.15) is 17.9 Å². The van der Waals surface area contributed by atoms with E-state index in [2.05, 4.69) is 0 Å². The van der Waals surface area contributed by atoms with Crippen LogP contribution in [0.5, 0.6) is 0 Å². The molecule has 2 N–H and O–H groups in total. The minimum absolute atomic E-state index is 0.289. The molecule has 108 valence electrons. The van der Waals surface area contributed by atoms with E-state index >= 15 is 0 Å². The maximum atomic E-state index is 13.4. The van der Waals surface area contributed by atoms with Crippen molar-refractivity contribution >= 4 is 16.0 Å². The topological polar surface area (TPSA) is 107 Å². The summed E-state index contributed by atoms with van der Waals surface area (Å²) >= 11 is 0. The van der Waals surface area contributed by atoms with Gasteiger partial charge < -0.3 is 5.11 Å². The first-order valence-corrected chi connectivity index (χ1v) is 7.12. The molecule has 0 heterocycles. The largest absolute Gasteiger partial charge is 0.480 e. The number of sulfonamides is 1. The van der Waals surface area contributed by atoms with E-state index in [0.29, 0.717) is 6.07 Å². The van der Waals surface area contributed by atoms with Gasteiger partial charge in [0.25, 0.3) is 0 Å². The number of carboxylic acids is 1. The number of carbonyl (C=O) groups is 1. The quantitative estimate of drug-likeness (QED) is 0.846. The van der Waals surface area contributed by atoms with Crippen molar-refractivity contribution in [3.8, 4) is 6.07 Å². The van der Waals surface area contributed by atoms with Crippen molar-refractivity contribution < 1.29 is 22.7 Å². The van der Waals surface area contributed by atoms with Gasteiger partial charge in [-0.05, 0) is 24.1 Å². The van der Waals surface area contributed by atoms with E-state index in [-0.39, 0.29) is 5.56 Å². The van der Waals surface area contributed by atoms with Gasteiger partial charge in [-0.25, -0.2) is 12.8 Å². The van der Waals surface area contributed by atoms with Gasteiger partial charge in [0.2, 0.25) is 10.0 Å². The maximum absolute atomic E-state index is 13.4. The monoisotopic (exact) mass is 300 g/mol. The lowest BCUT2D eigenvalue weighted by atomic mass is 10.1. The zero-order valence-corrected chi connectivity index (χ0v) is 11.6. The summed E-state index contributed by atoms with van der Waals surface area (Å²) in [5.41, 5.74) is -0.289. The van der Waals surface area contributed by atoms with E-state index in [1.165, 1.54) is 0 Å². The molecule has 8 heteroatoms. The summed E-state index contributed by atoms with van der Waals surface area (Å²) in [5.74, 6) is -2.78. The lowest BCUT2D eigenvalue weighted by Crippen LogP contribution is -2.44. The summed E-state index contributed by atoms with van der Waals surface area (Å²) in [6.45, 7) is 3.08. The Labute approximate surface area is 115 Å². The Morgan fingerprint density at radius 3 is 2.45 bits per heavy atom. The van der Waals surface area contributed by atoms with Crippen molar-refractivity contribution in [2.45, 2.75) is 24.8 Å². The van der Waals surface area contributed by atoms with Crippen LogP contribution < -0.4 is 4.72 Å². The Bertz CT molecular complexity index is 665. The van der Waals surface area contributed by atoms with Gasteiger partial charge in [0.15, 0.2) is 0 Å². The summed E-state index contributed by atoms with van der Waals surface area (Å²) in [6.07, 6.45) is 0. The molecule has 0 radical (unpaired) electrons. The molecule has 0 aliphatic carbocycles. The van der Waals surface area contributed by atoms with E-state index in [0.717, 1.165) is 12.1 Å². The van der Waals surface area contributed by atoms with Gasteiger partial charge in [0, 0.05) is 0 Å². The predicted molar refractivity (Wildman–Crippen MR) is 67.7 cm³/mol. The molecule has 1 rings (SSSR count). The molecule has 0 fully saturated rings. The summed E-state index contributed by atoms with van der Waals surface area (Å²) < 4.78 is 39.4. The molecule has 1 aromatic carbocycles. The Hall–Kier alpha value is -1.98. The highest BCUT2D eigenvalue weighted by atomic mass is 32.2. The lowest BCUT2D eigenvalue weighted by molar-refractivity contribution is -0.140. The third-order valence-electron chi connectivity index (χ3n) is 2.59. The van der Waals surface area contributed by atoms with Crippen molar-refractivity contribution in [2.24, 2.45) is 5.92 Å². The molecule has 1 aromatic rings. The summed E-state index contributed by atoms with van der Waals surface area (Å²) in [6, 6.07) is 2.99. The molecule has 0 aliphatic rings. The molecular formula is C12H13FN2O4S. The molecule has 0 unspecified atom stereocenters. The third kappa shape index (κ3) is 3.53. The first-order valence-electron chi connectivity index (χ1n) is 5.64. The highest BCUT2D eigenvalue weighted by Crippen LogP contribution is 2.16. The summed E-state index contributed by atoms with van der Waals surface area (Å²) in [4.78, 5) is 10.5. The van der Waals surface area contributed by atoms with Gasteiger partial charge in [-0.1, -0.05) is 13.8 Å². The van der Waals surface area contributed by atoms with Gasteiger partial charge in [-0.2, -0.15) is 9.98 Å². The summed E-state index contributed by atoms with van der Waals surface area (Å²) in [5, 5.41) is 17.5. The third-order valence-corrected chi connectivity index (χ3v) is 4.02. The highest BCUT2D eigenvalue weighted by Gasteiger charge is 2.28. The minimum Gasteiger partial charge on any atom is -0.480 e. The summed E-state index contributed by atoms with van der Waals surface area (Å²) in [7, 11) is -4.18. The van der Waals surface area contributed by atoms with Crippen LogP contribution in [0.15, 0.2) is 23.1 Å². The number of hydrogen-bond donors (Lipinski definition) is 2. The second-order valence-electron chi connectivity index (χ2n) is 4.43. The van der Waals surface area contributed by atoms with Crippen molar-refractivity contribution in [2.75, 3.05) is 0 Å². The van der Waals surface area contributed by atoms with E-state index in [1.54, 1.807) is 19.9 Å². The molecule has 0 amide bonds. The predicted octanol–water partition coefficient (Wildman–Crippen LogP) is 1.08. The normalized spacial score (nSPS) is 12.9. The van der Waals surface area contributed by atoms with Gasteiger partial charge >= 0.3 is 5.97 Å². The van der Waals surface area contributed by atoms with Crippen LogP contribution in [0, 0.1) is 23.1 Å². The standard InChI is InChI=1S/C12H13FN2O4S/c1-7(2)11(12(16)17)15-20(18,19)9-4-3-8(6-14)10(13)5-9/h3-5,7,11,15H,1-2H3,(H,16,17)/t11-/m0/s1. The average molecular weight is 300 g/mol. The zero-order valence-electron chi connectivity index (χ0n) is 10.8. The van der Waals surface area contributed by atoms with Crippen LogP contribution in [0.4, 0.5) is 4.39 Å². The fraction of sp³-hybridized carbons (Fsp3) is 0.333. The second kappa shape index (κ2) is 5.98. The fourth-order valence-electron chi connectivity index (χ4n) is 1.46. The molecule has 1 atom stereocenters. The number of nitrogens with one attached hydrogen (secondary N) is 1. The Morgan fingerprint density at radius 1 is 1.45 bits per heavy atom. The molecule has 20 heavy (non-hydrogen) atoms. The number of hydrogen-bond acceptors (Lipinski definition) is 4. The van der Waals surface area contributed by atoms with Gasteiger partial charge in [-0.15, -0.1) is 0 Å². The van der Waals surface area contributed by atoms with Crippen LogP contribution in [-0.2, 0) is 14.8 Å². The number of benzene rings is 1. The average Bonchev–Trinajstić information content (AvgIpc) is 2.35. The Kier molecular flexibility index (Phi) is 4.81. The van der Waals surface area contributed by atoms with Crippen molar-refractivity contribution in [1.82, 2.24) is 4.72 Å². The van der Waals surface area contributed by atoms with Crippen LogP contribution in [0.3, 0.4) is 0 Å². The number of nitrogens with zero attached hydrogens (tertiary/aromatic N) is 1. The smallest absolute Gasteiger partial charge is 0.322 e. The van der Waals surface area contributed by atoms with E-state index in [4.69, 9.17) is 10.4 Å². The Balaban J connectivity index is 3.15. The van der Waals surface area contributed by atoms with Crippen molar-refractivity contribution in [1.29, 1.82) is 5.26 Å². The van der Waals surface area contributed by atoms with E-state index in [1.807, 2.05) is 4.72 Å². The zero-order chi connectivity index (χ0) is 15.5. The molecule has 0 saturated heterocycles. The molecule has 6 nitrogen and oxygen atoms in total. The number of carboxylic acid groups (broad SMARTS) is 1. The van der Waals surface area contributed by atoms with Crippen LogP contribution in [0.2, 0.25) is 0 Å². The first-order chi connectivity index (χ1) is 9.19. The van der Waals surface area contributed by atoms with Crippen LogP contribution in [0.25, 0.3) is 0 Å². The van der Waals surface area contributed by atoms with Crippen LogP contribution in [-0.4, -0.2) is 25.5 Å². The molecule has 0 aromatic heterocycles. The van der Waals surface area contributed by atoms with E-state index in [9.17, 15) is 17.6 Å². The van der Waals surface area contributed by atoms with Crippen LogP contribution in [0.1, 0.15) is 19.4 Å². The van der Waals surface area contributed by atoms with Crippen LogP contribution >= 0.6 is 0 Å². The maximum Gasteiger partial charge on any atom is 0.322 e. The van der Waals surface area contributed by atoms with Gasteiger partial charge in [-0.3, -0.25) is 4.79 Å². The lowest BCUT2D eigenvalue weighted by Gasteiger charge is -2.18. The minimum atomic E-state index is -4.18. The number of halogens is 1. The number of aliphatic carboxylic acids is 1. The van der Waals surface area contributed by atoms with Crippen molar-refractivity contribution in [3.63, 3.8) is 0 Å². The molecule has 0 aliphatic heterocycles. The molecular weight excluding hydrogens is 287 g/mol. The molecule has 0 spiro atoms. The number of rotatable bonds is 5.